The van der Waals surface area contributed by atoms with Crippen LogP contribution < -0.4 is 0 Å². The Hall–Kier alpha value is -3.49. The summed E-state index contributed by atoms with van der Waals surface area (Å²) in [7, 11) is -4.03. The molecule has 2 atom stereocenters. The van der Waals surface area contributed by atoms with Crippen LogP contribution in [0.25, 0.3) is 0 Å². The van der Waals surface area contributed by atoms with Crippen LogP contribution in [-0.2, 0) is 30.7 Å². The van der Waals surface area contributed by atoms with Crippen molar-refractivity contribution in [2.45, 2.75) is 49.3 Å². The Bertz CT molecular complexity index is 1590. The van der Waals surface area contributed by atoms with E-state index < -0.39 is 32.9 Å². The van der Waals surface area contributed by atoms with Crippen molar-refractivity contribution in [2.24, 2.45) is 0 Å². The molecule has 1 aliphatic carbocycles. The Morgan fingerprint density at radius 3 is 2.33 bits per heavy atom. The van der Waals surface area contributed by atoms with Crippen molar-refractivity contribution >= 4 is 37.6 Å². The van der Waals surface area contributed by atoms with Crippen LogP contribution in [0, 0.1) is 6.92 Å². The summed E-state index contributed by atoms with van der Waals surface area (Å²) < 4.78 is 34.3. The van der Waals surface area contributed by atoms with Crippen molar-refractivity contribution in [1.29, 1.82) is 0 Å². The van der Waals surface area contributed by atoms with Gasteiger partial charge in [-0.05, 0) is 61.2 Å². The second-order valence-electron chi connectivity index (χ2n) is 10.0. The Morgan fingerprint density at radius 2 is 1.68 bits per heavy atom. The van der Waals surface area contributed by atoms with Gasteiger partial charge in [-0.15, -0.1) is 0 Å². The van der Waals surface area contributed by atoms with Gasteiger partial charge in [0.05, 0.1) is 18.0 Å². The average Bonchev–Trinajstić information content (AvgIpc) is 2.95. The van der Waals surface area contributed by atoms with Gasteiger partial charge in [0.15, 0.2) is 9.84 Å². The van der Waals surface area contributed by atoms with Gasteiger partial charge < -0.3 is 9.64 Å². The molecule has 40 heavy (non-hydrogen) atoms. The number of ether oxygens (including phenoxy) is 1. The standard InChI is InChI=1S/C32H30BrNO5S/c1-3-39-32(36)26-17-18-28-27(30(26)23-11-13-24(33)14-12-23)19-29(40(37,38)25-15-9-21(2)10-16-25)31(35)34(28)20-22-7-5-4-6-8-22/h4-17,29-30H,3,18-20H2,1-2H3. The van der Waals surface area contributed by atoms with Gasteiger partial charge in [-0.1, -0.05) is 82.2 Å². The number of sulfone groups is 1. The maximum Gasteiger partial charge on any atom is 0.334 e. The summed E-state index contributed by atoms with van der Waals surface area (Å²) in [6, 6.07) is 23.7. The minimum Gasteiger partial charge on any atom is -0.463 e. The topological polar surface area (TPSA) is 80.8 Å². The number of nitrogens with zero attached hydrogens (tertiary/aromatic N) is 1. The Morgan fingerprint density at radius 1 is 1.00 bits per heavy atom. The first-order chi connectivity index (χ1) is 19.2. The molecule has 5 rings (SSSR count). The van der Waals surface area contributed by atoms with Crippen molar-refractivity contribution in [3.05, 3.63) is 123 Å². The summed E-state index contributed by atoms with van der Waals surface area (Å²) in [6.45, 7) is 4.09. The van der Waals surface area contributed by atoms with E-state index in [2.05, 4.69) is 15.9 Å². The van der Waals surface area contributed by atoms with Crippen LogP contribution in [0.15, 0.2) is 111 Å². The predicted octanol–water partition coefficient (Wildman–Crippen LogP) is 6.26. The average molecular weight is 621 g/mol. The van der Waals surface area contributed by atoms with Crippen molar-refractivity contribution < 1.29 is 22.7 Å². The molecule has 0 spiro atoms. The molecular weight excluding hydrogens is 590 g/mol. The summed E-state index contributed by atoms with van der Waals surface area (Å²) in [5.74, 6) is -1.44. The first-order valence-corrected chi connectivity index (χ1v) is 15.5. The molecule has 1 heterocycles. The number of amides is 1. The molecule has 1 amide bonds. The van der Waals surface area contributed by atoms with Gasteiger partial charge in [0.2, 0.25) is 5.91 Å². The third-order valence-electron chi connectivity index (χ3n) is 7.44. The molecule has 2 aliphatic rings. The molecule has 1 aliphatic heterocycles. The van der Waals surface area contributed by atoms with E-state index >= 15 is 0 Å². The fourth-order valence-electron chi connectivity index (χ4n) is 5.45. The lowest BCUT2D eigenvalue weighted by Crippen LogP contribution is -2.47. The second kappa shape index (κ2) is 11.6. The normalized spacial score (nSPS) is 19.2. The number of rotatable bonds is 7. The fraction of sp³-hybridized carbons (Fsp3) is 0.250. The van der Waals surface area contributed by atoms with Crippen LogP contribution in [0.3, 0.4) is 0 Å². The SMILES string of the molecule is CCOC(=O)C1=CCC2=C(CC(S(=O)(=O)c3ccc(C)cc3)C(=O)N2Cc2ccccc2)C1c1ccc(Br)cc1. The molecule has 0 aromatic heterocycles. The van der Waals surface area contributed by atoms with Crippen molar-refractivity contribution in [2.75, 3.05) is 6.61 Å². The number of hydrogen-bond donors (Lipinski definition) is 0. The monoisotopic (exact) mass is 619 g/mol. The largest absolute Gasteiger partial charge is 0.463 e. The van der Waals surface area contributed by atoms with E-state index in [1.165, 1.54) is 0 Å². The number of benzene rings is 3. The maximum absolute atomic E-state index is 14.1. The van der Waals surface area contributed by atoms with Crippen LogP contribution in [0.1, 0.15) is 42.4 Å². The van der Waals surface area contributed by atoms with Crippen molar-refractivity contribution in [3.63, 3.8) is 0 Å². The van der Waals surface area contributed by atoms with E-state index in [1.807, 2.05) is 67.6 Å². The molecule has 2 unspecified atom stereocenters. The van der Waals surface area contributed by atoms with Crippen LogP contribution in [0.2, 0.25) is 0 Å². The van der Waals surface area contributed by atoms with E-state index in [4.69, 9.17) is 4.74 Å². The van der Waals surface area contributed by atoms with Gasteiger partial charge in [-0.25, -0.2) is 13.2 Å². The number of halogens is 1. The fourth-order valence-corrected chi connectivity index (χ4v) is 7.35. The smallest absolute Gasteiger partial charge is 0.334 e. The Labute approximate surface area is 243 Å². The summed E-state index contributed by atoms with van der Waals surface area (Å²) in [6.07, 6.45) is 2.14. The number of carbonyl (C=O) groups excluding carboxylic acids is 2. The summed E-state index contributed by atoms with van der Waals surface area (Å²) in [5, 5.41) is -1.32. The van der Waals surface area contributed by atoms with Crippen LogP contribution in [0.5, 0.6) is 0 Å². The number of aryl methyl sites for hydroxylation is 1. The molecule has 0 saturated heterocycles. The van der Waals surface area contributed by atoms with Crippen LogP contribution >= 0.6 is 15.9 Å². The van der Waals surface area contributed by atoms with Crippen LogP contribution in [0.4, 0.5) is 0 Å². The Kier molecular flexibility index (Phi) is 8.10. The first-order valence-electron chi connectivity index (χ1n) is 13.2. The van der Waals surface area contributed by atoms with E-state index in [-0.39, 0.29) is 24.5 Å². The lowest BCUT2D eigenvalue weighted by molar-refractivity contribution is -0.138. The number of esters is 1. The van der Waals surface area contributed by atoms with Gasteiger partial charge in [-0.2, -0.15) is 0 Å². The minimum absolute atomic E-state index is 0.00680. The Balaban J connectivity index is 1.67. The molecular formula is C32H30BrNO5S. The number of carbonyl (C=O) groups is 2. The van der Waals surface area contributed by atoms with E-state index in [9.17, 15) is 18.0 Å². The van der Waals surface area contributed by atoms with Gasteiger partial charge >= 0.3 is 5.97 Å². The highest BCUT2D eigenvalue weighted by molar-refractivity contribution is 9.10. The van der Waals surface area contributed by atoms with Gasteiger partial charge in [0.1, 0.15) is 5.25 Å². The zero-order valence-electron chi connectivity index (χ0n) is 22.3. The summed E-state index contributed by atoms with van der Waals surface area (Å²) in [5.41, 5.74) is 4.60. The highest BCUT2D eigenvalue weighted by Gasteiger charge is 2.46. The molecule has 3 aromatic carbocycles. The molecule has 0 N–H and O–H groups in total. The number of allylic oxidation sites excluding steroid dienone is 2. The van der Waals surface area contributed by atoms with Gasteiger partial charge in [0.25, 0.3) is 0 Å². The molecule has 3 aromatic rings. The molecule has 0 fully saturated rings. The van der Waals surface area contributed by atoms with E-state index in [0.717, 1.165) is 32.4 Å². The zero-order valence-corrected chi connectivity index (χ0v) is 24.7. The quantitative estimate of drug-likeness (QED) is 0.291. The number of hydrogen-bond acceptors (Lipinski definition) is 5. The lowest BCUT2D eigenvalue weighted by atomic mass is 9.76. The van der Waals surface area contributed by atoms with Crippen molar-refractivity contribution in [1.82, 2.24) is 4.90 Å². The molecule has 0 radical (unpaired) electrons. The molecule has 0 bridgehead atoms. The van der Waals surface area contributed by atoms with Gasteiger partial charge in [0, 0.05) is 28.1 Å². The third-order valence-corrected chi connectivity index (χ3v) is 10.0. The highest BCUT2D eigenvalue weighted by Crippen LogP contribution is 2.46. The minimum atomic E-state index is -4.03. The van der Waals surface area contributed by atoms with E-state index in [0.29, 0.717) is 12.0 Å². The molecule has 0 saturated carbocycles. The van der Waals surface area contributed by atoms with Crippen LogP contribution in [-0.4, -0.2) is 37.1 Å². The van der Waals surface area contributed by atoms with E-state index in [1.54, 1.807) is 36.1 Å². The molecule has 8 heteroatoms. The van der Waals surface area contributed by atoms with Gasteiger partial charge in [-0.3, -0.25) is 4.79 Å². The first kappa shape index (κ1) is 28.1. The lowest BCUT2D eigenvalue weighted by Gasteiger charge is -2.41. The zero-order chi connectivity index (χ0) is 28.4. The summed E-state index contributed by atoms with van der Waals surface area (Å²) in [4.78, 5) is 29.0. The van der Waals surface area contributed by atoms with Crippen molar-refractivity contribution in [3.8, 4) is 0 Å². The third kappa shape index (κ3) is 5.43. The highest BCUT2D eigenvalue weighted by atomic mass is 79.9. The molecule has 206 valence electrons. The maximum atomic E-state index is 14.1. The second-order valence-corrected chi connectivity index (χ2v) is 13.0. The summed E-state index contributed by atoms with van der Waals surface area (Å²) >= 11 is 3.48. The molecule has 6 nitrogen and oxygen atoms in total. The predicted molar refractivity (Wildman–Crippen MR) is 157 cm³/mol.